The number of rotatable bonds is 6. The minimum absolute atomic E-state index is 0.0129. The number of nitro benzene ring substituents is 1. The Balaban J connectivity index is 1.74. The molecule has 0 saturated heterocycles. The van der Waals surface area contributed by atoms with Gasteiger partial charge in [0, 0.05) is 52.6 Å². The minimum atomic E-state index is -1.23. The molecule has 1 aliphatic carbocycles. The highest BCUT2D eigenvalue weighted by molar-refractivity contribution is 7.10. The molecule has 0 saturated carbocycles. The van der Waals surface area contributed by atoms with E-state index < -0.39 is 52.0 Å². The van der Waals surface area contributed by atoms with Crippen molar-refractivity contribution in [3.63, 3.8) is 0 Å². The van der Waals surface area contributed by atoms with Crippen LogP contribution >= 0.6 is 11.3 Å². The highest BCUT2D eigenvalue weighted by Crippen LogP contribution is 2.50. The first-order valence-electron chi connectivity index (χ1n) is 12.2. The number of esters is 1. The van der Waals surface area contributed by atoms with Gasteiger partial charge in [0.2, 0.25) is 5.91 Å². The van der Waals surface area contributed by atoms with Crippen molar-refractivity contribution >= 4 is 40.4 Å². The number of allylic oxidation sites excluding steroid dienone is 2. The number of thiophene rings is 1. The molecule has 11 heteroatoms. The fourth-order valence-electron chi connectivity index (χ4n) is 5.38. The molecule has 0 bridgehead atoms. The maximum absolute atomic E-state index is 15.0. The number of benzene rings is 2. The standard InChI is InChI=1S/C28H22F2N2O6S/c1-2-38-28(35)26-19(23-7-4-10-39-23)13-22-25(27(26)34)18(15-5-3-6-17(11-15)32(36)37)14-24(33)31(22)21-9-8-16(29)12-20(21)30/h3-12,18-19,26H,2,13-14H2,1H3/t18-,19-,26+/m0/s1. The Morgan fingerprint density at radius 1 is 1.13 bits per heavy atom. The molecule has 1 aromatic heterocycles. The molecular formula is C28H22F2N2O6S. The zero-order valence-corrected chi connectivity index (χ0v) is 21.5. The van der Waals surface area contributed by atoms with Gasteiger partial charge in [-0.15, -0.1) is 11.3 Å². The van der Waals surface area contributed by atoms with E-state index in [0.717, 1.165) is 17.0 Å². The lowest BCUT2D eigenvalue weighted by Gasteiger charge is -2.42. The summed E-state index contributed by atoms with van der Waals surface area (Å²) in [5.74, 6) is -6.54. The number of Topliss-reactive ketones (excluding diaryl/α,β-unsaturated/α-hetero) is 1. The van der Waals surface area contributed by atoms with Crippen LogP contribution in [-0.2, 0) is 19.1 Å². The van der Waals surface area contributed by atoms with E-state index in [1.54, 1.807) is 30.5 Å². The second-order valence-corrected chi connectivity index (χ2v) is 10.2. The molecule has 0 radical (unpaired) electrons. The van der Waals surface area contributed by atoms with Crippen LogP contribution in [0.3, 0.4) is 0 Å². The van der Waals surface area contributed by atoms with Crippen LogP contribution in [0.1, 0.15) is 42.0 Å². The number of halogens is 2. The molecule has 1 aliphatic heterocycles. The quantitative estimate of drug-likeness (QED) is 0.169. The van der Waals surface area contributed by atoms with E-state index in [9.17, 15) is 28.9 Å². The average Bonchev–Trinajstić information content (AvgIpc) is 3.44. The number of ether oxygens (including phenoxy) is 1. The lowest BCUT2D eigenvalue weighted by Crippen LogP contribution is -2.46. The van der Waals surface area contributed by atoms with E-state index in [2.05, 4.69) is 0 Å². The van der Waals surface area contributed by atoms with Gasteiger partial charge in [-0.25, -0.2) is 8.78 Å². The summed E-state index contributed by atoms with van der Waals surface area (Å²) in [5, 5.41) is 13.2. The van der Waals surface area contributed by atoms with Gasteiger partial charge in [0.1, 0.15) is 17.6 Å². The summed E-state index contributed by atoms with van der Waals surface area (Å²) < 4.78 is 34.0. The predicted octanol–water partition coefficient (Wildman–Crippen LogP) is 5.65. The Hall–Kier alpha value is -4.25. The van der Waals surface area contributed by atoms with Crippen LogP contribution < -0.4 is 4.90 Å². The molecular weight excluding hydrogens is 530 g/mol. The molecule has 3 aromatic rings. The monoisotopic (exact) mass is 552 g/mol. The molecule has 0 spiro atoms. The number of nitrogens with zero attached hydrogens (tertiary/aromatic N) is 2. The molecule has 200 valence electrons. The number of ketones is 1. The van der Waals surface area contributed by atoms with Gasteiger partial charge in [0.15, 0.2) is 5.78 Å². The Bertz CT molecular complexity index is 1520. The van der Waals surface area contributed by atoms with Crippen LogP contribution in [0.25, 0.3) is 0 Å². The molecule has 2 heterocycles. The van der Waals surface area contributed by atoms with Crippen LogP contribution in [0.5, 0.6) is 0 Å². The van der Waals surface area contributed by atoms with Gasteiger partial charge < -0.3 is 4.74 Å². The van der Waals surface area contributed by atoms with Crippen molar-refractivity contribution < 1.29 is 32.8 Å². The van der Waals surface area contributed by atoms with Crippen LogP contribution in [0.4, 0.5) is 20.2 Å². The number of hydrogen-bond donors (Lipinski definition) is 0. The number of carbonyl (C=O) groups excluding carboxylic acids is 3. The molecule has 1 amide bonds. The zero-order valence-electron chi connectivity index (χ0n) is 20.6. The predicted molar refractivity (Wildman–Crippen MR) is 138 cm³/mol. The second kappa shape index (κ2) is 10.5. The van der Waals surface area contributed by atoms with Gasteiger partial charge in [0.25, 0.3) is 5.69 Å². The number of anilines is 1. The third-order valence-corrected chi connectivity index (χ3v) is 8.01. The van der Waals surface area contributed by atoms with Crippen LogP contribution in [0.2, 0.25) is 0 Å². The number of carbonyl (C=O) groups is 3. The highest BCUT2D eigenvalue weighted by atomic mass is 32.1. The molecule has 8 nitrogen and oxygen atoms in total. The summed E-state index contributed by atoms with van der Waals surface area (Å²) in [7, 11) is 0. The number of hydrogen-bond acceptors (Lipinski definition) is 7. The van der Waals surface area contributed by atoms with Gasteiger partial charge in [0.05, 0.1) is 17.2 Å². The number of non-ortho nitro benzene ring substituents is 1. The normalized spacial score (nSPS) is 21.1. The van der Waals surface area contributed by atoms with Crippen LogP contribution in [0.15, 0.2) is 71.2 Å². The first kappa shape index (κ1) is 26.4. The SMILES string of the molecule is CCOC(=O)[C@H]1C(=O)C2=C(C[C@H]1c1cccs1)N(c1ccc(F)cc1F)C(=O)C[C@H]2c1cccc([N+](=O)[O-])c1. The lowest BCUT2D eigenvalue weighted by atomic mass is 9.69. The van der Waals surface area contributed by atoms with Crippen molar-refractivity contribution in [2.75, 3.05) is 11.5 Å². The Labute approximate surface area is 225 Å². The topological polar surface area (TPSA) is 107 Å². The molecule has 0 unspecified atom stereocenters. The van der Waals surface area contributed by atoms with Crippen molar-refractivity contribution in [1.82, 2.24) is 0 Å². The van der Waals surface area contributed by atoms with Crippen molar-refractivity contribution in [2.24, 2.45) is 5.92 Å². The van der Waals surface area contributed by atoms with E-state index in [-0.39, 0.29) is 42.1 Å². The molecule has 2 aromatic carbocycles. The second-order valence-electron chi connectivity index (χ2n) is 9.21. The molecule has 0 N–H and O–H groups in total. The minimum Gasteiger partial charge on any atom is -0.465 e. The highest BCUT2D eigenvalue weighted by Gasteiger charge is 2.50. The molecule has 5 rings (SSSR count). The van der Waals surface area contributed by atoms with Crippen molar-refractivity contribution in [1.29, 1.82) is 0 Å². The summed E-state index contributed by atoms with van der Waals surface area (Å²) in [6.45, 7) is 1.67. The summed E-state index contributed by atoms with van der Waals surface area (Å²) in [6.07, 6.45) is -0.305. The van der Waals surface area contributed by atoms with E-state index in [1.807, 2.05) is 0 Å². The Kier molecular flexibility index (Phi) is 7.09. The third-order valence-electron chi connectivity index (χ3n) is 7.00. The maximum atomic E-state index is 15.0. The van der Waals surface area contributed by atoms with Gasteiger partial charge in [-0.2, -0.15) is 0 Å². The fourth-order valence-corrected chi connectivity index (χ4v) is 6.25. The number of nitro groups is 1. The Morgan fingerprint density at radius 2 is 1.92 bits per heavy atom. The third kappa shape index (κ3) is 4.74. The van der Waals surface area contributed by atoms with E-state index in [4.69, 9.17) is 4.74 Å². The lowest BCUT2D eigenvalue weighted by molar-refractivity contribution is -0.384. The summed E-state index contributed by atoms with van der Waals surface area (Å²) in [4.78, 5) is 53.6. The summed E-state index contributed by atoms with van der Waals surface area (Å²) in [5.41, 5.74) is 0.159. The van der Waals surface area contributed by atoms with Crippen molar-refractivity contribution in [3.05, 3.63) is 103 Å². The van der Waals surface area contributed by atoms with E-state index in [0.29, 0.717) is 16.5 Å². The van der Waals surface area contributed by atoms with Gasteiger partial charge >= 0.3 is 5.97 Å². The van der Waals surface area contributed by atoms with Crippen molar-refractivity contribution in [2.45, 2.75) is 31.6 Å². The fraction of sp³-hybridized carbons (Fsp3) is 0.250. The van der Waals surface area contributed by atoms with Crippen molar-refractivity contribution in [3.8, 4) is 0 Å². The van der Waals surface area contributed by atoms with E-state index >= 15 is 4.39 Å². The largest absolute Gasteiger partial charge is 0.465 e. The molecule has 39 heavy (non-hydrogen) atoms. The van der Waals surface area contributed by atoms with Gasteiger partial charge in [-0.1, -0.05) is 18.2 Å². The smallest absolute Gasteiger partial charge is 0.317 e. The van der Waals surface area contributed by atoms with Crippen LogP contribution in [0, 0.1) is 27.7 Å². The first-order chi connectivity index (χ1) is 18.7. The van der Waals surface area contributed by atoms with Crippen LogP contribution in [-0.4, -0.2) is 29.2 Å². The molecule has 3 atom stereocenters. The average molecular weight is 553 g/mol. The van der Waals surface area contributed by atoms with Gasteiger partial charge in [-0.05, 0) is 42.5 Å². The molecule has 2 aliphatic rings. The number of amides is 1. The summed E-state index contributed by atoms with van der Waals surface area (Å²) >= 11 is 1.33. The van der Waals surface area contributed by atoms with E-state index in [1.165, 1.54) is 29.5 Å². The first-order valence-corrected chi connectivity index (χ1v) is 13.1. The zero-order chi connectivity index (χ0) is 27.8. The maximum Gasteiger partial charge on any atom is 0.317 e. The summed E-state index contributed by atoms with van der Waals surface area (Å²) in [6, 6.07) is 11.9. The Morgan fingerprint density at radius 3 is 2.59 bits per heavy atom. The van der Waals surface area contributed by atoms with Gasteiger partial charge in [-0.3, -0.25) is 29.4 Å². The molecule has 0 fully saturated rings.